The molecule has 24 heavy (non-hydrogen) atoms. The van der Waals surface area contributed by atoms with Crippen LogP contribution in [-0.2, 0) is 14.8 Å². The molecule has 1 aromatic carbocycles. The molecule has 0 unspecified atom stereocenters. The van der Waals surface area contributed by atoms with Gasteiger partial charge in [0.15, 0.2) is 0 Å². The van der Waals surface area contributed by atoms with E-state index in [2.05, 4.69) is 0 Å². The van der Waals surface area contributed by atoms with Crippen molar-refractivity contribution in [2.45, 2.75) is 24.3 Å². The number of ether oxygens (including phenoxy) is 1. The number of hydrogen-bond acceptors (Lipinski definition) is 6. The van der Waals surface area contributed by atoms with Crippen molar-refractivity contribution in [1.29, 1.82) is 0 Å². The number of carbonyl (C=O) groups is 1. The lowest BCUT2D eigenvalue weighted by Crippen LogP contribution is -2.31. The van der Waals surface area contributed by atoms with Crippen molar-refractivity contribution in [2.75, 3.05) is 19.7 Å². The summed E-state index contributed by atoms with van der Waals surface area (Å²) in [5, 5.41) is 0.725. The second kappa shape index (κ2) is 7.37. The van der Waals surface area contributed by atoms with Gasteiger partial charge in [0.1, 0.15) is 4.88 Å². The molecule has 1 aliphatic heterocycles. The Morgan fingerprint density at radius 1 is 1.42 bits per heavy atom. The highest BCUT2D eigenvalue weighted by Crippen LogP contribution is 2.30. The third kappa shape index (κ3) is 3.57. The molecule has 2 heterocycles. The van der Waals surface area contributed by atoms with Crippen LogP contribution in [0, 0.1) is 0 Å². The fraction of sp³-hybridized carbons (Fsp3) is 0.400. The minimum atomic E-state index is -3.54. The number of rotatable bonds is 4. The minimum absolute atomic E-state index is 0. The highest BCUT2D eigenvalue weighted by atomic mass is 35.5. The lowest BCUT2D eigenvalue weighted by atomic mass is 10.2. The summed E-state index contributed by atoms with van der Waals surface area (Å²) in [5.41, 5.74) is 5.80. The van der Waals surface area contributed by atoms with E-state index in [-0.39, 0.29) is 29.3 Å². The molecule has 0 spiro atoms. The Morgan fingerprint density at radius 3 is 2.79 bits per heavy atom. The van der Waals surface area contributed by atoms with Crippen LogP contribution in [0.5, 0.6) is 0 Å². The molecule has 0 radical (unpaired) electrons. The third-order valence-electron chi connectivity index (χ3n) is 3.79. The van der Waals surface area contributed by atoms with E-state index in [0.717, 1.165) is 10.1 Å². The maximum absolute atomic E-state index is 12.6. The van der Waals surface area contributed by atoms with Crippen LogP contribution in [0.2, 0.25) is 0 Å². The molecule has 1 aliphatic rings. The van der Waals surface area contributed by atoms with Gasteiger partial charge in [0.25, 0.3) is 0 Å². The van der Waals surface area contributed by atoms with E-state index in [0.29, 0.717) is 31.0 Å². The van der Waals surface area contributed by atoms with Gasteiger partial charge in [0.05, 0.1) is 11.5 Å². The maximum Gasteiger partial charge on any atom is 0.348 e. The molecule has 1 aromatic heterocycles. The topological polar surface area (TPSA) is 89.7 Å². The van der Waals surface area contributed by atoms with Crippen molar-refractivity contribution in [3.8, 4) is 0 Å². The van der Waals surface area contributed by atoms with Crippen molar-refractivity contribution in [3.05, 3.63) is 29.1 Å². The summed E-state index contributed by atoms with van der Waals surface area (Å²) in [6.07, 6.45) is 0.674. The molecule has 0 amide bonds. The van der Waals surface area contributed by atoms with Crippen LogP contribution in [0.4, 0.5) is 0 Å². The number of halogens is 1. The number of carbonyl (C=O) groups excluding carboxylic acids is 1. The number of sulfonamides is 1. The summed E-state index contributed by atoms with van der Waals surface area (Å²) in [5.74, 6) is -0.386. The van der Waals surface area contributed by atoms with Gasteiger partial charge in [-0.05, 0) is 43.0 Å². The molecule has 1 atom stereocenters. The molecule has 6 nitrogen and oxygen atoms in total. The second-order valence-corrected chi connectivity index (χ2v) is 8.46. The van der Waals surface area contributed by atoms with Crippen molar-refractivity contribution >= 4 is 49.8 Å². The Bertz CT molecular complexity index is 850. The van der Waals surface area contributed by atoms with Crippen LogP contribution < -0.4 is 5.73 Å². The molecule has 0 bridgehead atoms. The Labute approximate surface area is 151 Å². The normalized spacial score (nSPS) is 18.5. The van der Waals surface area contributed by atoms with Crippen LogP contribution in [0.25, 0.3) is 10.1 Å². The molecular formula is C15H19ClN2O4S2. The number of esters is 1. The molecule has 0 aliphatic carbocycles. The average molecular weight is 391 g/mol. The Balaban J connectivity index is 0.00000208. The summed E-state index contributed by atoms with van der Waals surface area (Å²) in [4.78, 5) is 12.5. The van der Waals surface area contributed by atoms with Gasteiger partial charge in [-0.2, -0.15) is 4.31 Å². The van der Waals surface area contributed by atoms with E-state index >= 15 is 0 Å². The van der Waals surface area contributed by atoms with Gasteiger partial charge in [0.2, 0.25) is 10.0 Å². The van der Waals surface area contributed by atoms with Crippen LogP contribution in [-0.4, -0.2) is 44.4 Å². The van der Waals surface area contributed by atoms with Gasteiger partial charge < -0.3 is 10.5 Å². The number of thiophene rings is 1. The van der Waals surface area contributed by atoms with Crippen LogP contribution in [0.15, 0.2) is 29.2 Å². The van der Waals surface area contributed by atoms with E-state index in [1.165, 1.54) is 15.6 Å². The molecule has 2 aromatic rings. The Hall–Kier alpha value is -1.19. The van der Waals surface area contributed by atoms with Crippen molar-refractivity contribution in [1.82, 2.24) is 4.31 Å². The largest absolute Gasteiger partial charge is 0.462 e. The van der Waals surface area contributed by atoms with E-state index < -0.39 is 10.0 Å². The molecule has 132 valence electrons. The molecule has 1 saturated heterocycles. The lowest BCUT2D eigenvalue weighted by Gasteiger charge is -2.15. The standard InChI is InChI=1S/C15H18N2O4S2.ClH/c1-2-21-15(18)14-8-10-7-12(3-4-13(10)22-14)23(19,20)17-6-5-11(16)9-17;/h3-4,7-8,11H,2,5-6,9,16H2,1H3;1H/t11-;/m1./s1. The summed E-state index contributed by atoms with van der Waals surface area (Å²) < 4.78 is 32.5. The molecule has 9 heteroatoms. The fourth-order valence-corrected chi connectivity index (χ4v) is 5.09. The first kappa shape index (κ1) is 19.1. The summed E-state index contributed by atoms with van der Waals surface area (Å²) in [6, 6.07) is 6.48. The number of fused-ring (bicyclic) bond motifs is 1. The second-order valence-electron chi connectivity index (χ2n) is 5.44. The summed E-state index contributed by atoms with van der Waals surface area (Å²) in [6.45, 7) is 2.84. The monoisotopic (exact) mass is 390 g/mol. The van der Waals surface area contributed by atoms with Crippen molar-refractivity contribution < 1.29 is 17.9 Å². The SMILES string of the molecule is CCOC(=O)c1cc2cc(S(=O)(=O)N3CC[C@@H](N)C3)ccc2s1.Cl. The first-order valence-corrected chi connectivity index (χ1v) is 9.64. The van der Waals surface area contributed by atoms with Gasteiger partial charge >= 0.3 is 5.97 Å². The molecule has 1 fully saturated rings. The van der Waals surface area contributed by atoms with Gasteiger partial charge in [0, 0.05) is 23.8 Å². The van der Waals surface area contributed by atoms with Gasteiger partial charge in [-0.3, -0.25) is 0 Å². The quantitative estimate of drug-likeness (QED) is 0.808. The first-order valence-electron chi connectivity index (χ1n) is 7.38. The zero-order chi connectivity index (χ0) is 16.6. The van der Waals surface area contributed by atoms with Crippen molar-refractivity contribution in [2.24, 2.45) is 5.73 Å². The van der Waals surface area contributed by atoms with Gasteiger partial charge in [-0.15, -0.1) is 23.7 Å². The molecular weight excluding hydrogens is 372 g/mol. The van der Waals surface area contributed by atoms with E-state index in [1.54, 1.807) is 31.2 Å². The number of benzene rings is 1. The third-order valence-corrected chi connectivity index (χ3v) is 6.75. The molecule has 3 rings (SSSR count). The lowest BCUT2D eigenvalue weighted by molar-refractivity contribution is 0.0532. The van der Waals surface area contributed by atoms with Crippen LogP contribution in [0.1, 0.15) is 23.0 Å². The van der Waals surface area contributed by atoms with Crippen LogP contribution >= 0.6 is 23.7 Å². The molecule has 0 saturated carbocycles. The van der Waals surface area contributed by atoms with E-state index in [1.807, 2.05) is 0 Å². The number of hydrogen-bond donors (Lipinski definition) is 1. The van der Waals surface area contributed by atoms with Gasteiger partial charge in [-0.25, -0.2) is 13.2 Å². The number of nitrogens with two attached hydrogens (primary N) is 1. The van der Waals surface area contributed by atoms with Crippen molar-refractivity contribution in [3.63, 3.8) is 0 Å². The van der Waals surface area contributed by atoms with Crippen LogP contribution in [0.3, 0.4) is 0 Å². The summed E-state index contributed by atoms with van der Waals surface area (Å²) in [7, 11) is -3.54. The maximum atomic E-state index is 12.6. The number of nitrogens with zero attached hydrogens (tertiary/aromatic N) is 1. The zero-order valence-corrected chi connectivity index (χ0v) is 15.5. The minimum Gasteiger partial charge on any atom is -0.462 e. The van der Waals surface area contributed by atoms with Gasteiger partial charge in [-0.1, -0.05) is 0 Å². The smallest absolute Gasteiger partial charge is 0.348 e. The molecule has 2 N–H and O–H groups in total. The Morgan fingerprint density at radius 2 is 2.17 bits per heavy atom. The van der Waals surface area contributed by atoms with E-state index in [4.69, 9.17) is 10.5 Å². The fourth-order valence-electron chi connectivity index (χ4n) is 2.61. The summed E-state index contributed by atoms with van der Waals surface area (Å²) >= 11 is 1.29. The zero-order valence-electron chi connectivity index (χ0n) is 13.1. The Kier molecular flexibility index (Phi) is 5.87. The predicted octanol–water partition coefficient (Wildman–Crippen LogP) is 2.22. The predicted molar refractivity (Wildman–Crippen MR) is 96.4 cm³/mol. The van der Waals surface area contributed by atoms with E-state index in [9.17, 15) is 13.2 Å². The average Bonchev–Trinajstić information content (AvgIpc) is 3.12. The first-order chi connectivity index (χ1) is 10.9. The highest BCUT2D eigenvalue weighted by Gasteiger charge is 2.31. The highest BCUT2D eigenvalue weighted by molar-refractivity contribution is 7.89.